The van der Waals surface area contributed by atoms with Crippen LogP contribution in [0.5, 0.6) is 5.75 Å². The SMILES string of the molecule is CN(C)C(=O)CCCC#Cc1cccc2nc(Cc3cccc(Cl)c3Cn3nc(-c4ccc(O)cc4)c4c(N)ncnc43)[nH]c(=O)c12. The molecule has 12 heteroatoms. The van der Waals surface area contributed by atoms with Gasteiger partial charge in [0.2, 0.25) is 5.91 Å². The van der Waals surface area contributed by atoms with Crippen LogP contribution in [0, 0.1) is 11.8 Å². The molecule has 6 rings (SSSR count). The number of H-pyrrole nitrogens is 1. The first-order chi connectivity index (χ1) is 22.7. The number of aromatic amines is 1. The van der Waals surface area contributed by atoms with E-state index in [9.17, 15) is 14.7 Å². The molecule has 0 bridgehead atoms. The Morgan fingerprint density at radius 1 is 1.06 bits per heavy atom. The van der Waals surface area contributed by atoms with E-state index in [1.807, 2.05) is 18.2 Å². The molecule has 0 unspecified atom stereocenters. The number of anilines is 1. The number of benzene rings is 3. The van der Waals surface area contributed by atoms with Crippen molar-refractivity contribution >= 4 is 45.3 Å². The van der Waals surface area contributed by atoms with E-state index in [-0.39, 0.29) is 29.6 Å². The van der Waals surface area contributed by atoms with Crippen molar-refractivity contribution in [3.8, 4) is 28.8 Å². The smallest absolute Gasteiger partial charge is 0.260 e. The average molecular weight is 647 g/mol. The highest BCUT2D eigenvalue weighted by molar-refractivity contribution is 6.31. The molecule has 0 aliphatic rings. The lowest BCUT2D eigenvalue weighted by atomic mass is 10.0. The van der Waals surface area contributed by atoms with Gasteiger partial charge in [0.15, 0.2) is 5.65 Å². The normalized spacial score (nSPS) is 11.0. The van der Waals surface area contributed by atoms with Crippen LogP contribution in [0.15, 0.2) is 71.8 Å². The lowest BCUT2D eigenvalue weighted by molar-refractivity contribution is -0.128. The topological polar surface area (TPSA) is 156 Å². The van der Waals surface area contributed by atoms with Crippen LogP contribution in [0.25, 0.3) is 33.2 Å². The van der Waals surface area contributed by atoms with E-state index in [1.54, 1.807) is 66.1 Å². The summed E-state index contributed by atoms with van der Waals surface area (Å²) in [5.74, 6) is 7.12. The molecule has 0 saturated heterocycles. The maximum atomic E-state index is 13.3. The summed E-state index contributed by atoms with van der Waals surface area (Å²) < 4.78 is 1.72. The molecular weight excluding hydrogens is 616 g/mol. The van der Waals surface area contributed by atoms with E-state index >= 15 is 0 Å². The number of phenols is 1. The fourth-order valence-electron chi connectivity index (χ4n) is 5.37. The summed E-state index contributed by atoms with van der Waals surface area (Å²) in [6.07, 6.45) is 3.29. The van der Waals surface area contributed by atoms with Crippen LogP contribution in [0.4, 0.5) is 5.82 Å². The number of rotatable bonds is 8. The minimum absolute atomic E-state index is 0.0588. The standard InChI is InChI=1S/C35H31ClN8O3/c1-43(2)29(46)13-5-3-4-8-21-9-7-12-27-30(21)35(47)41-28(40-27)18-23-10-6-11-26(36)25(23)19-44-34-31(33(37)38-20-39-34)32(42-44)22-14-16-24(45)17-15-22/h6-7,9-12,14-17,20,45H,3,5,13,18-19H2,1-2H3,(H2,37,38,39)(H,40,41,47). The second-order valence-electron chi connectivity index (χ2n) is 11.2. The van der Waals surface area contributed by atoms with Crippen molar-refractivity contribution < 1.29 is 9.90 Å². The Morgan fingerprint density at radius 2 is 1.85 bits per heavy atom. The summed E-state index contributed by atoms with van der Waals surface area (Å²) in [5.41, 5.74) is 10.6. The zero-order chi connectivity index (χ0) is 33.1. The fraction of sp³-hybridized carbons (Fsp3) is 0.200. The van der Waals surface area contributed by atoms with E-state index in [0.29, 0.717) is 69.7 Å². The number of nitrogens with zero attached hydrogens (tertiary/aromatic N) is 6. The third-order valence-corrected chi connectivity index (χ3v) is 8.13. The number of hydrogen-bond donors (Lipinski definition) is 3. The number of fused-ring (bicyclic) bond motifs is 2. The van der Waals surface area contributed by atoms with Crippen LogP contribution in [0.2, 0.25) is 5.02 Å². The Labute approximate surface area is 275 Å². The number of phenolic OH excluding ortho intramolecular Hbond substituents is 1. The van der Waals surface area contributed by atoms with Crippen LogP contribution in [-0.4, -0.2) is 59.7 Å². The van der Waals surface area contributed by atoms with Gasteiger partial charge in [0, 0.05) is 49.5 Å². The lowest BCUT2D eigenvalue weighted by Gasteiger charge is -2.12. The second-order valence-corrected chi connectivity index (χ2v) is 11.6. The van der Waals surface area contributed by atoms with Gasteiger partial charge in [-0.05, 0) is 60.0 Å². The van der Waals surface area contributed by atoms with Crippen LogP contribution in [-0.2, 0) is 17.8 Å². The molecule has 236 valence electrons. The molecule has 3 aromatic carbocycles. The Morgan fingerprint density at radius 3 is 2.64 bits per heavy atom. The first-order valence-electron chi connectivity index (χ1n) is 14.9. The third kappa shape index (κ3) is 6.64. The minimum atomic E-state index is -0.287. The first-order valence-corrected chi connectivity index (χ1v) is 15.3. The summed E-state index contributed by atoms with van der Waals surface area (Å²) in [7, 11) is 3.46. The van der Waals surface area contributed by atoms with Crippen molar-refractivity contribution in [2.75, 3.05) is 19.8 Å². The van der Waals surface area contributed by atoms with Gasteiger partial charge in [-0.3, -0.25) is 9.59 Å². The molecule has 0 atom stereocenters. The van der Waals surface area contributed by atoms with Gasteiger partial charge in [-0.15, -0.1) is 0 Å². The predicted molar refractivity (Wildman–Crippen MR) is 182 cm³/mol. The molecule has 0 spiro atoms. The predicted octanol–water partition coefficient (Wildman–Crippen LogP) is 4.92. The van der Waals surface area contributed by atoms with Crippen molar-refractivity contribution in [3.05, 3.63) is 105 Å². The number of nitrogens with two attached hydrogens (primary N) is 1. The largest absolute Gasteiger partial charge is 0.508 e. The number of nitrogens with one attached hydrogen (secondary N) is 1. The molecule has 6 aromatic rings. The molecule has 47 heavy (non-hydrogen) atoms. The van der Waals surface area contributed by atoms with Crippen molar-refractivity contribution in [3.63, 3.8) is 0 Å². The molecule has 4 N–H and O–H groups in total. The van der Waals surface area contributed by atoms with Crippen molar-refractivity contribution in [2.45, 2.75) is 32.2 Å². The van der Waals surface area contributed by atoms with Gasteiger partial charge in [0.1, 0.15) is 29.4 Å². The molecule has 0 saturated carbocycles. The van der Waals surface area contributed by atoms with E-state index in [1.165, 1.54) is 6.33 Å². The quantitative estimate of drug-likeness (QED) is 0.155. The van der Waals surface area contributed by atoms with Gasteiger partial charge in [0.05, 0.1) is 22.8 Å². The van der Waals surface area contributed by atoms with Crippen LogP contribution in [0.1, 0.15) is 41.8 Å². The molecule has 3 aromatic heterocycles. The van der Waals surface area contributed by atoms with Gasteiger partial charge < -0.3 is 20.7 Å². The number of amides is 1. The summed E-state index contributed by atoms with van der Waals surface area (Å²) in [5, 5.41) is 16.2. The Bertz CT molecular complexity index is 2250. The first kappa shape index (κ1) is 31.3. The number of nitrogen functional groups attached to an aromatic ring is 1. The molecule has 11 nitrogen and oxygen atoms in total. The number of carbonyl (C=O) groups excluding carboxylic acids is 1. The summed E-state index contributed by atoms with van der Waals surface area (Å²) >= 11 is 6.76. The highest BCUT2D eigenvalue weighted by Gasteiger charge is 2.20. The van der Waals surface area contributed by atoms with Gasteiger partial charge in [-0.1, -0.05) is 41.6 Å². The molecule has 0 radical (unpaired) electrons. The Hall–Kier alpha value is -5.73. The molecule has 3 heterocycles. The van der Waals surface area contributed by atoms with Crippen LogP contribution in [0.3, 0.4) is 0 Å². The van der Waals surface area contributed by atoms with E-state index in [0.717, 1.165) is 16.7 Å². The van der Waals surface area contributed by atoms with Crippen LogP contribution < -0.4 is 11.3 Å². The number of halogens is 1. The average Bonchev–Trinajstić information content (AvgIpc) is 3.42. The molecule has 0 fully saturated rings. The van der Waals surface area contributed by atoms with E-state index in [4.69, 9.17) is 27.4 Å². The minimum Gasteiger partial charge on any atom is -0.508 e. The van der Waals surface area contributed by atoms with Gasteiger partial charge >= 0.3 is 0 Å². The molecular formula is C35H31ClN8O3. The van der Waals surface area contributed by atoms with E-state index in [2.05, 4.69) is 26.8 Å². The summed E-state index contributed by atoms with van der Waals surface area (Å²) in [6.45, 7) is 0.262. The maximum Gasteiger partial charge on any atom is 0.260 e. The zero-order valence-corrected chi connectivity index (χ0v) is 26.5. The number of carbonyl (C=O) groups is 1. The fourth-order valence-corrected chi connectivity index (χ4v) is 5.63. The number of aromatic hydroxyl groups is 1. The Balaban J connectivity index is 1.30. The summed E-state index contributed by atoms with van der Waals surface area (Å²) in [4.78, 5) is 43.1. The van der Waals surface area contributed by atoms with Crippen molar-refractivity contribution in [1.82, 2.24) is 34.6 Å². The van der Waals surface area contributed by atoms with Gasteiger partial charge in [-0.2, -0.15) is 5.10 Å². The van der Waals surface area contributed by atoms with Gasteiger partial charge in [0.25, 0.3) is 5.56 Å². The molecule has 0 aliphatic heterocycles. The Kier molecular flexibility index (Phi) is 8.86. The molecule has 1 amide bonds. The maximum absolute atomic E-state index is 13.3. The molecule has 0 aliphatic carbocycles. The highest BCUT2D eigenvalue weighted by atomic mass is 35.5. The second kappa shape index (κ2) is 13.3. The van der Waals surface area contributed by atoms with Crippen LogP contribution >= 0.6 is 11.6 Å². The monoisotopic (exact) mass is 646 g/mol. The van der Waals surface area contributed by atoms with Crippen molar-refractivity contribution in [2.24, 2.45) is 0 Å². The number of aromatic nitrogens is 6. The highest BCUT2D eigenvalue weighted by Crippen LogP contribution is 2.32. The summed E-state index contributed by atoms with van der Waals surface area (Å²) in [6, 6.07) is 17.7. The van der Waals surface area contributed by atoms with Gasteiger partial charge in [-0.25, -0.2) is 19.6 Å². The van der Waals surface area contributed by atoms with Crippen molar-refractivity contribution in [1.29, 1.82) is 0 Å². The van der Waals surface area contributed by atoms with E-state index < -0.39 is 0 Å². The number of unbranched alkanes of at least 4 members (excludes halogenated alkanes) is 1. The lowest BCUT2D eigenvalue weighted by Crippen LogP contribution is -2.20. The third-order valence-electron chi connectivity index (χ3n) is 7.78. The zero-order valence-electron chi connectivity index (χ0n) is 25.8. The number of hydrogen-bond acceptors (Lipinski definition) is 8.